The quantitative estimate of drug-likeness (QED) is 0.828. The largest absolute Gasteiger partial charge is 0.497 e. The molecule has 0 bridgehead atoms. The molecular formula is C11H13Cl2NO2. The van der Waals surface area contributed by atoms with Crippen molar-refractivity contribution >= 4 is 29.1 Å². The average Bonchev–Trinajstić information content (AvgIpc) is 2.27. The fraction of sp³-hybridized carbons (Fsp3) is 0.364. The van der Waals surface area contributed by atoms with Crippen LogP contribution in [-0.4, -0.2) is 18.9 Å². The second-order valence-electron chi connectivity index (χ2n) is 3.17. The molecular weight excluding hydrogens is 249 g/mol. The normalized spacial score (nSPS) is 9.94. The SMILES string of the molecule is COc1ccc(CNC(=O)CCCl)c(Cl)c1. The van der Waals surface area contributed by atoms with Crippen molar-refractivity contribution in [2.45, 2.75) is 13.0 Å². The van der Waals surface area contributed by atoms with Crippen molar-refractivity contribution in [1.82, 2.24) is 5.32 Å². The van der Waals surface area contributed by atoms with Crippen LogP contribution in [0.2, 0.25) is 5.02 Å². The molecule has 0 aliphatic carbocycles. The number of hydrogen-bond acceptors (Lipinski definition) is 2. The Balaban J connectivity index is 2.57. The Hall–Kier alpha value is -0.930. The van der Waals surface area contributed by atoms with Gasteiger partial charge in [-0.3, -0.25) is 4.79 Å². The molecule has 0 spiro atoms. The molecule has 0 heterocycles. The third kappa shape index (κ3) is 3.91. The summed E-state index contributed by atoms with van der Waals surface area (Å²) in [5.74, 6) is 0.935. The average molecular weight is 262 g/mol. The molecule has 1 rings (SSSR count). The summed E-state index contributed by atoms with van der Waals surface area (Å²) in [6, 6.07) is 5.33. The zero-order valence-corrected chi connectivity index (χ0v) is 10.4. The van der Waals surface area contributed by atoms with Crippen molar-refractivity contribution in [3.63, 3.8) is 0 Å². The molecule has 1 amide bonds. The predicted molar refractivity (Wildman–Crippen MR) is 65.2 cm³/mol. The van der Waals surface area contributed by atoms with Crippen LogP contribution in [0.25, 0.3) is 0 Å². The summed E-state index contributed by atoms with van der Waals surface area (Å²) in [5.41, 5.74) is 0.852. The molecule has 0 atom stereocenters. The van der Waals surface area contributed by atoms with E-state index in [9.17, 15) is 4.79 Å². The molecule has 0 radical (unpaired) electrons. The number of ether oxygens (including phenoxy) is 1. The lowest BCUT2D eigenvalue weighted by Gasteiger charge is -2.07. The minimum absolute atomic E-state index is 0.0816. The Kier molecular flexibility index (Phi) is 5.43. The van der Waals surface area contributed by atoms with Crippen LogP contribution in [0.3, 0.4) is 0 Å². The van der Waals surface area contributed by atoms with Gasteiger partial charge in [-0.2, -0.15) is 0 Å². The van der Waals surface area contributed by atoms with Crippen molar-refractivity contribution in [2.75, 3.05) is 13.0 Å². The Morgan fingerprint density at radius 3 is 2.81 bits per heavy atom. The molecule has 0 aliphatic rings. The molecule has 0 saturated carbocycles. The van der Waals surface area contributed by atoms with Gasteiger partial charge in [0.2, 0.25) is 5.91 Å². The van der Waals surface area contributed by atoms with E-state index in [1.165, 1.54) is 0 Å². The van der Waals surface area contributed by atoms with Gasteiger partial charge < -0.3 is 10.1 Å². The van der Waals surface area contributed by atoms with E-state index in [0.717, 1.165) is 5.56 Å². The molecule has 1 aromatic rings. The molecule has 88 valence electrons. The molecule has 0 aromatic heterocycles. The third-order valence-corrected chi connectivity index (χ3v) is 2.60. The molecule has 0 unspecified atom stereocenters. The van der Waals surface area contributed by atoms with Crippen LogP contribution in [0.5, 0.6) is 5.75 Å². The fourth-order valence-corrected chi connectivity index (χ4v) is 1.58. The zero-order chi connectivity index (χ0) is 12.0. The lowest BCUT2D eigenvalue weighted by atomic mass is 10.2. The van der Waals surface area contributed by atoms with Crippen LogP contribution in [0.1, 0.15) is 12.0 Å². The van der Waals surface area contributed by atoms with Gasteiger partial charge in [-0.1, -0.05) is 17.7 Å². The van der Waals surface area contributed by atoms with E-state index in [0.29, 0.717) is 29.6 Å². The summed E-state index contributed by atoms with van der Waals surface area (Å²) in [6.45, 7) is 0.401. The van der Waals surface area contributed by atoms with Gasteiger partial charge in [-0.05, 0) is 17.7 Å². The smallest absolute Gasteiger partial charge is 0.221 e. The monoisotopic (exact) mass is 261 g/mol. The summed E-state index contributed by atoms with van der Waals surface area (Å²) in [7, 11) is 1.58. The maximum Gasteiger partial charge on any atom is 0.221 e. The predicted octanol–water partition coefficient (Wildman–Crippen LogP) is 2.59. The summed E-state index contributed by atoms with van der Waals surface area (Å²) >= 11 is 11.5. The maximum atomic E-state index is 11.2. The van der Waals surface area contributed by atoms with Crippen molar-refractivity contribution in [2.24, 2.45) is 0 Å². The van der Waals surface area contributed by atoms with E-state index >= 15 is 0 Å². The van der Waals surface area contributed by atoms with E-state index in [1.54, 1.807) is 19.2 Å². The van der Waals surface area contributed by atoms with Crippen molar-refractivity contribution in [3.8, 4) is 5.75 Å². The van der Waals surface area contributed by atoms with Crippen molar-refractivity contribution in [1.29, 1.82) is 0 Å². The number of alkyl halides is 1. The molecule has 0 fully saturated rings. The first-order chi connectivity index (χ1) is 7.67. The van der Waals surface area contributed by atoms with E-state index in [-0.39, 0.29) is 5.91 Å². The van der Waals surface area contributed by atoms with Crippen LogP contribution in [0.4, 0.5) is 0 Å². The van der Waals surface area contributed by atoms with E-state index in [1.807, 2.05) is 6.07 Å². The number of benzene rings is 1. The Morgan fingerprint density at radius 2 is 2.25 bits per heavy atom. The molecule has 0 aliphatic heterocycles. The topological polar surface area (TPSA) is 38.3 Å². The third-order valence-electron chi connectivity index (χ3n) is 2.06. The first-order valence-corrected chi connectivity index (χ1v) is 5.73. The summed E-state index contributed by atoms with van der Waals surface area (Å²) in [6.07, 6.45) is 0.315. The van der Waals surface area contributed by atoms with Crippen molar-refractivity contribution < 1.29 is 9.53 Å². The Bertz CT molecular complexity index is 369. The van der Waals surface area contributed by atoms with Crippen LogP contribution in [0.15, 0.2) is 18.2 Å². The van der Waals surface area contributed by atoms with Crippen molar-refractivity contribution in [3.05, 3.63) is 28.8 Å². The molecule has 1 N–H and O–H groups in total. The molecule has 3 nitrogen and oxygen atoms in total. The summed E-state index contributed by atoms with van der Waals surface area (Å²) in [4.78, 5) is 11.2. The lowest BCUT2D eigenvalue weighted by molar-refractivity contribution is -0.120. The lowest BCUT2D eigenvalue weighted by Crippen LogP contribution is -2.22. The van der Waals surface area contributed by atoms with Gasteiger partial charge in [-0.25, -0.2) is 0 Å². The summed E-state index contributed by atoms with van der Waals surface area (Å²) < 4.78 is 5.02. The van der Waals surface area contributed by atoms with Gasteiger partial charge in [0, 0.05) is 23.9 Å². The van der Waals surface area contributed by atoms with Gasteiger partial charge in [0.25, 0.3) is 0 Å². The first kappa shape index (κ1) is 13.1. The van der Waals surface area contributed by atoms with Gasteiger partial charge >= 0.3 is 0 Å². The number of methoxy groups -OCH3 is 1. The number of carbonyl (C=O) groups is 1. The maximum absolute atomic E-state index is 11.2. The minimum atomic E-state index is -0.0816. The van der Waals surface area contributed by atoms with Gasteiger partial charge in [-0.15, -0.1) is 11.6 Å². The minimum Gasteiger partial charge on any atom is -0.497 e. The standard InChI is InChI=1S/C11H13Cl2NO2/c1-16-9-3-2-8(10(13)6-9)7-14-11(15)4-5-12/h2-3,6H,4-5,7H2,1H3,(H,14,15). The van der Waals surface area contributed by atoms with E-state index in [4.69, 9.17) is 27.9 Å². The van der Waals surface area contributed by atoms with Crippen LogP contribution in [0, 0.1) is 0 Å². The summed E-state index contributed by atoms with van der Waals surface area (Å²) in [5, 5.41) is 3.30. The highest BCUT2D eigenvalue weighted by Gasteiger charge is 2.04. The fourth-order valence-electron chi connectivity index (χ4n) is 1.17. The number of halogens is 2. The van der Waals surface area contributed by atoms with Gasteiger partial charge in [0.15, 0.2) is 0 Å². The second-order valence-corrected chi connectivity index (χ2v) is 3.96. The Labute approximate surface area is 105 Å². The molecule has 16 heavy (non-hydrogen) atoms. The van der Waals surface area contributed by atoms with E-state index < -0.39 is 0 Å². The number of carbonyl (C=O) groups excluding carboxylic acids is 1. The van der Waals surface area contributed by atoms with Gasteiger partial charge in [0.05, 0.1) is 7.11 Å². The van der Waals surface area contributed by atoms with Gasteiger partial charge in [0.1, 0.15) is 5.75 Å². The molecule has 0 saturated heterocycles. The number of hydrogen-bond donors (Lipinski definition) is 1. The van der Waals surface area contributed by atoms with Crippen LogP contribution < -0.4 is 10.1 Å². The zero-order valence-electron chi connectivity index (χ0n) is 8.93. The number of nitrogens with one attached hydrogen (secondary N) is 1. The first-order valence-electron chi connectivity index (χ1n) is 4.82. The van der Waals surface area contributed by atoms with Crippen LogP contribution >= 0.6 is 23.2 Å². The number of rotatable bonds is 5. The highest BCUT2D eigenvalue weighted by Crippen LogP contribution is 2.22. The number of amides is 1. The van der Waals surface area contributed by atoms with Crippen LogP contribution in [-0.2, 0) is 11.3 Å². The highest BCUT2D eigenvalue weighted by molar-refractivity contribution is 6.31. The second kappa shape index (κ2) is 6.61. The van der Waals surface area contributed by atoms with E-state index in [2.05, 4.69) is 5.32 Å². The molecule has 1 aromatic carbocycles. The Morgan fingerprint density at radius 1 is 1.50 bits per heavy atom. The highest BCUT2D eigenvalue weighted by atomic mass is 35.5. The molecule has 5 heteroatoms.